The molecule has 1 aromatic carbocycles. The lowest BCUT2D eigenvalue weighted by Crippen LogP contribution is -2.29. The van der Waals surface area contributed by atoms with E-state index in [2.05, 4.69) is 5.32 Å². The van der Waals surface area contributed by atoms with E-state index >= 15 is 0 Å². The van der Waals surface area contributed by atoms with Gasteiger partial charge in [0, 0.05) is 17.0 Å². The van der Waals surface area contributed by atoms with E-state index in [9.17, 15) is 14.9 Å². The molecule has 120 valence electrons. The van der Waals surface area contributed by atoms with Gasteiger partial charge in [0.25, 0.3) is 5.69 Å². The van der Waals surface area contributed by atoms with Crippen LogP contribution in [0.15, 0.2) is 47.9 Å². The number of carbonyl (C=O) groups is 1. The van der Waals surface area contributed by atoms with Gasteiger partial charge in [-0.2, -0.15) is 0 Å². The summed E-state index contributed by atoms with van der Waals surface area (Å²) < 4.78 is 0. The van der Waals surface area contributed by atoms with Crippen LogP contribution in [0.2, 0.25) is 0 Å². The summed E-state index contributed by atoms with van der Waals surface area (Å²) in [7, 11) is 0. The number of amides is 1. The van der Waals surface area contributed by atoms with Crippen LogP contribution >= 0.6 is 11.3 Å². The fourth-order valence-electron chi connectivity index (χ4n) is 2.20. The van der Waals surface area contributed by atoms with Crippen molar-refractivity contribution in [1.29, 1.82) is 0 Å². The van der Waals surface area contributed by atoms with Gasteiger partial charge in [-0.05, 0) is 29.5 Å². The molecule has 1 unspecified atom stereocenters. The second-order valence-corrected chi connectivity index (χ2v) is 6.37. The van der Waals surface area contributed by atoms with Crippen LogP contribution in [0.5, 0.6) is 0 Å². The molecule has 2 rings (SSSR count). The smallest absolute Gasteiger partial charge is 0.276 e. The van der Waals surface area contributed by atoms with Crippen molar-refractivity contribution in [2.24, 2.45) is 5.92 Å². The zero-order valence-corrected chi connectivity index (χ0v) is 13.7. The molecule has 0 radical (unpaired) electrons. The molecule has 0 saturated heterocycles. The first kappa shape index (κ1) is 16.9. The Morgan fingerprint density at radius 1 is 1.26 bits per heavy atom. The van der Waals surface area contributed by atoms with Crippen molar-refractivity contribution in [2.45, 2.75) is 19.9 Å². The van der Waals surface area contributed by atoms with E-state index in [1.165, 1.54) is 18.2 Å². The summed E-state index contributed by atoms with van der Waals surface area (Å²) in [4.78, 5) is 23.7. The van der Waals surface area contributed by atoms with E-state index in [0.717, 1.165) is 4.88 Å². The predicted octanol–water partition coefficient (Wildman–Crippen LogP) is 4.18. The van der Waals surface area contributed by atoms with E-state index in [-0.39, 0.29) is 23.6 Å². The third-order valence-corrected chi connectivity index (χ3v) is 4.32. The molecule has 0 aliphatic carbocycles. The monoisotopic (exact) mass is 330 g/mol. The Balaban J connectivity index is 2.11. The second kappa shape index (κ2) is 7.69. The van der Waals surface area contributed by atoms with Gasteiger partial charge in [-0.3, -0.25) is 14.9 Å². The van der Waals surface area contributed by atoms with Gasteiger partial charge in [-0.25, -0.2) is 0 Å². The number of nitrogens with one attached hydrogen (secondary N) is 1. The molecule has 0 saturated carbocycles. The van der Waals surface area contributed by atoms with Gasteiger partial charge in [0.15, 0.2) is 0 Å². The molecule has 1 heterocycles. The molecule has 0 fully saturated rings. The van der Waals surface area contributed by atoms with Crippen molar-refractivity contribution in [3.8, 4) is 0 Å². The minimum Gasteiger partial charge on any atom is -0.345 e. The number of benzene rings is 1. The number of hydrogen-bond acceptors (Lipinski definition) is 4. The van der Waals surface area contributed by atoms with Gasteiger partial charge < -0.3 is 5.32 Å². The van der Waals surface area contributed by atoms with Crippen molar-refractivity contribution in [1.82, 2.24) is 5.32 Å². The minimum absolute atomic E-state index is 0.0183. The first-order valence-electron chi connectivity index (χ1n) is 7.24. The Labute approximate surface area is 138 Å². The summed E-state index contributed by atoms with van der Waals surface area (Å²) in [5.74, 6) is -0.0210. The SMILES string of the molecule is CC(C)C(NC(=O)/C=C/c1ccccc1[N+](=O)[O-])c1cccs1. The van der Waals surface area contributed by atoms with Gasteiger partial charge in [0.05, 0.1) is 16.5 Å². The molecule has 6 heteroatoms. The highest BCUT2D eigenvalue weighted by Crippen LogP contribution is 2.26. The molecule has 0 aliphatic rings. The summed E-state index contributed by atoms with van der Waals surface area (Å²) in [5.41, 5.74) is 0.389. The molecule has 0 bridgehead atoms. The van der Waals surface area contributed by atoms with Gasteiger partial charge in [-0.15, -0.1) is 11.3 Å². The molecular formula is C17H18N2O3S. The topological polar surface area (TPSA) is 72.2 Å². The van der Waals surface area contributed by atoms with E-state index < -0.39 is 4.92 Å². The van der Waals surface area contributed by atoms with Crippen LogP contribution < -0.4 is 5.32 Å². The number of carbonyl (C=O) groups excluding carboxylic acids is 1. The number of nitrogens with zero attached hydrogens (tertiary/aromatic N) is 1. The number of nitro groups is 1. The van der Waals surface area contributed by atoms with Crippen LogP contribution in [0.1, 0.15) is 30.3 Å². The first-order valence-corrected chi connectivity index (χ1v) is 8.12. The molecule has 0 spiro atoms. The summed E-state index contributed by atoms with van der Waals surface area (Å²) in [5, 5.41) is 15.9. The normalized spacial score (nSPS) is 12.5. The van der Waals surface area contributed by atoms with Crippen LogP contribution in [0.25, 0.3) is 6.08 Å². The zero-order valence-electron chi connectivity index (χ0n) is 12.9. The maximum absolute atomic E-state index is 12.1. The molecular weight excluding hydrogens is 312 g/mol. The van der Waals surface area contributed by atoms with Gasteiger partial charge in [0.2, 0.25) is 5.91 Å². The highest BCUT2D eigenvalue weighted by Gasteiger charge is 2.18. The summed E-state index contributed by atoms with van der Waals surface area (Å²) >= 11 is 1.59. The largest absolute Gasteiger partial charge is 0.345 e. The van der Waals surface area contributed by atoms with Crippen LogP contribution in [0, 0.1) is 16.0 Å². The van der Waals surface area contributed by atoms with E-state index in [1.807, 2.05) is 31.4 Å². The lowest BCUT2D eigenvalue weighted by molar-refractivity contribution is -0.385. The lowest BCUT2D eigenvalue weighted by Gasteiger charge is -2.20. The Morgan fingerprint density at radius 3 is 2.61 bits per heavy atom. The van der Waals surface area contributed by atoms with Crippen molar-refractivity contribution in [2.75, 3.05) is 0 Å². The van der Waals surface area contributed by atoms with Crippen molar-refractivity contribution >= 4 is 29.0 Å². The van der Waals surface area contributed by atoms with Crippen molar-refractivity contribution in [3.05, 3.63) is 68.4 Å². The Morgan fingerprint density at radius 2 is 2.00 bits per heavy atom. The van der Waals surface area contributed by atoms with Crippen molar-refractivity contribution in [3.63, 3.8) is 0 Å². The van der Waals surface area contributed by atoms with Crippen LogP contribution in [0.3, 0.4) is 0 Å². The van der Waals surface area contributed by atoms with Crippen molar-refractivity contribution < 1.29 is 9.72 Å². The quantitative estimate of drug-likeness (QED) is 0.490. The maximum Gasteiger partial charge on any atom is 0.276 e. The summed E-state index contributed by atoms with van der Waals surface area (Å²) in [6.45, 7) is 4.08. The molecule has 1 amide bonds. The van der Waals surface area contributed by atoms with Gasteiger partial charge in [0.1, 0.15) is 0 Å². The molecule has 0 aliphatic heterocycles. The zero-order chi connectivity index (χ0) is 16.8. The molecule has 5 nitrogen and oxygen atoms in total. The average molecular weight is 330 g/mol. The summed E-state index contributed by atoms with van der Waals surface area (Å²) in [6, 6.07) is 10.2. The Kier molecular flexibility index (Phi) is 5.65. The van der Waals surface area contributed by atoms with E-state index in [1.54, 1.807) is 29.5 Å². The Bertz CT molecular complexity index is 708. The standard InChI is InChI=1S/C17H18N2O3S/c1-12(2)17(15-8-5-11-23-15)18-16(20)10-9-13-6-3-4-7-14(13)19(21)22/h3-12,17H,1-2H3,(H,18,20)/b10-9+. The van der Waals surface area contributed by atoms with Crippen LogP contribution in [-0.4, -0.2) is 10.8 Å². The molecule has 1 aromatic heterocycles. The van der Waals surface area contributed by atoms with Gasteiger partial charge >= 0.3 is 0 Å². The highest BCUT2D eigenvalue weighted by molar-refractivity contribution is 7.10. The Hall–Kier alpha value is -2.47. The van der Waals surface area contributed by atoms with E-state index in [4.69, 9.17) is 0 Å². The average Bonchev–Trinajstić information content (AvgIpc) is 3.04. The lowest BCUT2D eigenvalue weighted by atomic mass is 10.0. The second-order valence-electron chi connectivity index (χ2n) is 5.39. The molecule has 23 heavy (non-hydrogen) atoms. The van der Waals surface area contributed by atoms with Gasteiger partial charge in [-0.1, -0.05) is 32.0 Å². The number of para-hydroxylation sites is 1. The number of thiophene rings is 1. The van der Waals surface area contributed by atoms with E-state index in [0.29, 0.717) is 5.56 Å². The van der Waals surface area contributed by atoms with Crippen LogP contribution in [0.4, 0.5) is 5.69 Å². The molecule has 1 N–H and O–H groups in total. The fourth-order valence-corrected chi connectivity index (χ4v) is 3.15. The first-order chi connectivity index (χ1) is 11.0. The van der Waals surface area contributed by atoms with Crippen LogP contribution in [-0.2, 0) is 4.79 Å². The highest BCUT2D eigenvalue weighted by atomic mass is 32.1. The molecule has 2 aromatic rings. The minimum atomic E-state index is -0.458. The third-order valence-electron chi connectivity index (χ3n) is 3.36. The number of nitro benzene ring substituents is 1. The number of rotatable bonds is 6. The summed E-state index contributed by atoms with van der Waals surface area (Å²) in [6.07, 6.45) is 2.81. The number of hydrogen-bond donors (Lipinski definition) is 1. The predicted molar refractivity (Wildman–Crippen MR) is 92.2 cm³/mol. The molecule has 1 atom stereocenters. The fraction of sp³-hybridized carbons (Fsp3) is 0.235. The third kappa shape index (κ3) is 4.50. The maximum atomic E-state index is 12.1.